The van der Waals surface area contributed by atoms with E-state index in [1.165, 1.54) is 15.4 Å². The number of thiazole rings is 1. The Morgan fingerprint density at radius 2 is 2.05 bits per heavy atom. The van der Waals surface area contributed by atoms with Gasteiger partial charge in [-0.05, 0) is 13.0 Å². The van der Waals surface area contributed by atoms with Crippen LogP contribution in [0.1, 0.15) is 23.2 Å². The van der Waals surface area contributed by atoms with Gasteiger partial charge in [-0.15, -0.1) is 11.3 Å². The lowest BCUT2D eigenvalue weighted by atomic mass is 10.1. The Hall–Kier alpha value is -1.23. The predicted molar refractivity (Wildman–Crippen MR) is 85.1 cm³/mol. The van der Waals surface area contributed by atoms with Gasteiger partial charge in [0.25, 0.3) is 0 Å². The van der Waals surface area contributed by atoms with E-state index in [1.807, 2.05) is 17.4 Å². The molecule has 1 heterocycles. The van der Waals surface area contributed by atoms with Crippen molar-refractivity contribution in [1.29, 1.82) is 0 Å². The summed E-state index contributed by atoms with van der Waals surface area (Å²) in [7, 11) is 1.74. The monoisotopic (exact) mass is 290 g/mol. The van der Waals surface area contributed by atoms with Gasteiger partial charge in [0, 0.05) is 37.1 Å². The Morgan fingerprint density at radius 3 is 2.75 bits per heavy atom. The van der Waals surface area contributed by atoms with E-state index in [0.29, 0.717) is 0 Å². The Morgan fingerprint density at radius 1 is 1.25 bits per heavy atom. The molecule has 2 rings (SSSR count). The van der Waals surface area contributed by atoms with Crippen LogP contribution in [0.3, 0.4) is 0 Å². The minimum absolute atomic E-state index is 0.794. The number of aromatic nitrogens is 1. The summed E-state index contributed by atoms with van der Waals surface area (Å²) < 4.78 is 5.11. The van der Waals surface area contributed by atoms with Gasteiger partial charge in [0.15, 0.2) is 0 Å². The normalized spacial score (nSPS) is 10.9. The van der Waals surface area contributed by atoms with Crippen LogP contribution in [0.25, 0.3) is 11.3 Å². The maximum atomic E-state index is 5.11. The smallest absolute Gasteiger partial charge is 0.0936 e. The highest BCUT2D eigenvalue weighted by molar-refractivity contribution is 7.12. The third-order valence-electron chi connectivity index (χ3n) is 3.06. The van der Waals surface area contributed by atoms with Crippen LogP contribution < -0.4 is 5.32 Å². The third-order valence-corrected chi connectivity index (χ3v) is 4.18. The van der Waals surface area contributed by atoms with Crippen molar-refractivity contribution < 1.29 is 4.74 Å². The summed E-state index contributed by atoms with van der Waals surface area (Å²) in [4.78, 5) is 6.15. The first-order chi connectivity index (χ1) is 9.85. The molecule has 0 bridgehead atoms. The highest BCUT2D eigenvalue weighted by Gasteiger charge is 2.12. The molecule has 0 aliphatic rings. The summed E-state index contributed by atoms with van der Waals surface area (Å²) in [5, 5.41) is 4.60. The number of methoxy groups -OCH3 is 1. The van der Waals surface area contributed by atoms with Crippen molar-refractivity contribution in [3.8, 4) is 11.3 Å². The molecule has 2 aromatic rings. The van der Waals surface area contributed by atoms with E-state index in [4.69, 9.17) is 9.72 Å². The highest BCUT2D eigenvalue weighted by atomic mass is 32.1. The minimum atomic E-state index is 0.794. The predicted octanol–water partition coefficient (Wildman–Crippen LogP) is 3.50. The molecule has 0 spiro atoms. The van der Waals surface area contributed by atoms with Gasteiger partial charge in [-0.2, -0.15) is 0 Å². The molecule has 1 N–H and O–H groups in total. The van der Waals surface area contributed by atoms with Crippen LogP contribution in [-0.4, -0.2) is 25.2 Å². The van der Waals surface area contributed by atoms with Gasteiger partial charge in [0.1, 0.15) is 0 Å². The molecule has 108 valence electrons. The molecule has 0 saturated carbocycles. The fourth-order valence-electron chi connectivity index (χ4n) is 2.05. The Balaban J connectivity index is 2.19. The molecule has 0 saturated heterocycles. The standard InChI is InChI=1S/C16H22N2OS/c1-3-17-12-14-16(13-8-5-4-6-9-13)18-15(20-14)10-7-11-19-2/h4-6,8-9,17H,3,7,10-12H2,1-2H3. The number of hydrogen-bond donors (Lipinski definition) is 1. The lowest BCUT2D eigenvalue weighted by molar-refractivity contribution is 0.195. The first-order valence-corrected chi connectivity index (χ1v) is 7.90. The first kappa shape index (κ1) is 15.2. The maximum Gasteiger partial charge on any atom is 0.0936 e. The summed E-state index contributed by atoms with van der Waals surface area (Å²) in [5.74, 6) is 0. The van der Waals surface area contributed by atoms with Crippen LogP contribution in [0, 0.1) is 0 Å². The summed E-state index contributed by atoms with van der Waals surface area (Å²) in [6.45, 7) is 4.79. The largest absolute Gasteiger partial charge is 0.385 e. The molecule has 4 heteroatoms. The molecule has 1 aromatic carbocycles. The quantitative estimate of drug-likeness (QED) is 0.756. The van der Waals surface area contributed by atoms with Crippen LogP contribution in [0.5, 0.6) is 0 Å². The SMILES string of the molecule is CCNCc1sc(CCCOC)nc1-c1ccccc1. The topological polar surface area (TPSA) is 34.1 Å². The number of nitrogens with zero attached hydrogens (tertiary/aromatic N) is 1. The molecule has 0 fully saturated rings. The summed E-state index contributed by atoms with van der Waals surface area (Å²) in [6.07, 6.45) is 2.02. The average Bonchev–Trinajstić information content (AvgIpc) is 2.89. The van der Waals surface area contributed by atoms with Crippen molar-refractivity contribution in [3.63, 3.8) is 0 Å². The van der Waals surface area contributed by atoms with Crippen molar-refractivity contribution in [2.24, 2.45) is 0 Å². The molecule has 0 amide bonds. The molecule has 0 unspecified atom stereocenters. The third kappa shape index (κ3) is 4.13. The second kappa shape index (κ2) is 8.15. The molecule has 1 aromatic heterocycles. The van der Waals surface area contributed by atoms with Gasteiger partial charge in [-0.25, -0.2) is 4.98 Å². The first-order valence-electron chi connectivity index (χ1n) is 7.08. The zero-order chi connectivity index (χ0) is 14.2. The lowest BCUT2D eigenvalue weighted by Gasteiger charge is -2.02. The molecule has 0 radical (unpaired) electrons. The Labute approximate surface area is 125 Å². The number of nitrogens with one attached hydrogen (secondary N) is 1. The van der Waals surface area contributed by atoms with Crippen molar-refractivity contribution in [1.82, 2.24) is 10.3 Å². The maximum absolute atomic E-state index is 5.11. The van der Waals surface area contributed by atoms with E-state index in [0.717, 1.165) is 38.2 Å². The Bertz CT molecular complexity index is 510. The minimum Gasteiger partial charge on any atom is -0.385 e. The van der Waals surface area contributed by atoms with Gasteiger partial charge in [0.05, 0.1) is 10.7 Å². The zero-order valence-corrected chi connectivity index (χ0v) is 13.0. The lowest BCUT2D eigenvalue weighted by Crippen LogP contribution is -2.11. The summed E-state index contributed by atoms with van der Waals surface area (Å²) in [6, 6.07) is 10.4. The van der Waals surface area contributed by atoms with E-state index < -0.39 is 0 Å². The van der Waals surface area contributed by atoms with Crippen molar-refractivity contribution in [3.05, 3.63) is 40.2 Å². The van der Waals surface area contributed by atoms with Crippen molar-refractivity contribution in [2.45, 2.75) is 26.3 Å². The van der Waals surface area contributed by atoms with Gasteiger partial charge in [0.2, 0.25) is 0 Å². The van der Waals surface area contributed by atoms with Gasteiger partial charge >= 0.3 is 0 Å². The molecular weight excluding hydrogens is 268 g/mol. The fraction of sp³-hybridized carbons (Fsp3) is 0.438. The Kier molecular flexibility index (Phi) is 6.18. The van der Waals surface area contributed by atoms with E-state index in [9.17, 15) is 0 Å². The van der Waals surface area contributed by atoms with Gasteiger partial charge in [-0.3, -0.25) is 0 Å². The van der Waals surface area contributed by atoms with E-state index in [1.54, 1.807) is 7.11 Å². The van der Waals surface area contributed by atoms with Crippen molar-refractivity contribution >= 4 is 11.3 Å². The average molecular weight is 290 g/mol. The second-order valence-electron chi connectivity index (χ2n) is 4.62. The summed E-state index contributed by atoms with van der Waals surface area (Å²) >= 11 is 1.82. The number of hydrogen-bond acceptors (Lipinski definition) is 4. The van der Waals surface area contributed by atoms with Crippen LogP contribution in [-0.2, 0) is 17.7 Å². The second-order valence-corrected chi connectivity index (χ2v) is 5.79. The molecule has 0 aliphatic heterocycles. The van der Waals surface area contributed by atoms with Crippen molar-refractivity contribution in [2.75, 3.05) is 20.3 Å². The van der Waals surface area contributed by atoms with Gasteiger partial charge < -0.3 is 10.1 Å². The molecule has 0 aliphatic carbocycles. The van der Waals surface area contributed by atoms with E-state index in [-0.39, 0.29) is 0 Å². The van der Waals surface area contributed by atoms with E-state index in [2.05, 4.69) is 36.5 Å². The number of benzene rings is 1. The number of aryl methyl sites for hydroxylation is 1. The molecule has 3 nitrogen and oxygen atoms in total. The van der Waals surface area contributed by atoms with Crippen LogP contribution >= 0.6 is 11.3 Å². The summed E-state index contributed by atoms with van der Waals surface area (Å²) in [5.41, 5.74) is 2.33. The fourth-order valence-corrected chi connectivity index (χ4v) is 3.16. The van der Waals surface area contributed by atoms with E-state index >= 15 is 0 Å². The molecule has 0 atom stereocenters. The highest BCUT2D eigenvalue weighted by Crippen LogP contribution is 2.28. The van der Waals surface area contributed by atoms with Crippen LogP contribution in [0.4, 0.5) is 0 Å². The number of rotatable bonds is 8. The number of ether oxygens (including phenoxy) is 1. The molecular formula is C16H22N2OS. The molecule has 20 heavy (non-hydrogen) atoms. The van der Waals surface area contributed by atoms with Gasteiger partial charge in [-0.1, -0.05) is 37.3 Å². The zero-order valence-electron chi connectivity index (χ0n) is 12.2. The van der Waals surface area contributed by atoms with Crippen LogP contribution in [0.2, 0.25) is 0 Å². The van der Waals surface area contributed by atoms with Crippen LogP contribution in [0.15, 0.2) is 30.3 Å².